The molecule has 1 aliphatic heterocycles. The van der Waals surface area contributed by atoms with Gasteiger partial charge >= 0.3 is 6.18 Å². The van der Waals surface area contributed by atoms with Crippen LogP contribution in [0.3, 0.4) is 0 Å². The van der Waals surface area contributed by atoms with E-state index in [1.807, 2.05) is 4.90 Å². The fourth-order valence-corrected chi connectivity index (χ4v) is 2.37. The van der Waals surface area contributed by atoms with Crippen LogP contribution < -0.4 is 15.4 Å². The highest BCUT2D eigenvalue weighted by atomic mass is 19.4. The van der Waals surface area contributed by atoms with Crippen LogP contribution in [0.5, 0.6) is 5.75 Å². The summed E-state index contributed by atoms with van der Waals surface area (Å²) in [4.78, 5) is 1.86. The Morgan fingerprint density at radius 3 is 2.76 bits per heavy atom. The summed E-state index contributed by atoms with van der Waals surface area (Å²) in [6.45, 7) is 0.744. The second-order valence-corrected chi connectivity index (χ2v) is 5.17. The zero-order valence-corrected chi connectivity index (χ0v) is 11.5. The number of nitrogens with zero attached hydrogens (tertiary/aromatic N) is 1. The lowest BCUT2D eigenvalue weighted by Crippen LogP contribution is -2.43. The maximum Gasteiger partial charge on any atom is 0.392 e. The van der Waals surface area contributed by atoms with E-state index in [-0.39, 0.29) is 11.8 Å². The maximum atomic E-state index is 13.4. The number of rotatable bonds is 4. The second kappa shape index (κ2) is 6.51. The number of piperidine rings is 1. The number of hydrogen-bond donors (Lipinski definition) is 1. The third kappa shape index (κ3) is 4.77. The molecule has 0 aromatic heterocycles. The molecule has 1 aliphatic rings. The fourth-order valence-electron chi connectivity index (χ4n) is 2.37. The average molecular weight is 306 g/mol. The van der Waals surface area contributed by atoms with Crippen molar-refractivity contribution in [2.75, 3.05) is 24.6 Å². The van der Waals surface area contributed by atoms with Crippen molar-refractivity contribution in [2.24, 2.45) is 5.73 Å². The smallest absolute Gasteiger partial charge is 0.392 e. The molecule has 21 heavy (non-hydrogen) atoms. The van der Waals surface area contributed by atoms with E-state index in [9.17, 15) is 17.6 Å². The van der Waals surface area contributed by atoms with Crippen LogP contribution in [-0.2, 0) is 0 Å². The van der Waals surface area contributed by atoms with Crippen molar-refractivity contribution >= 4 is 5.69 Å². The molecular weight excluding hydrogens is 288 g/mol. The molecule has 0 saturated carbocycles. The molecule has 2 rings (SSSR count). The monoisotopic (exact) mass is 306 g/mol. The molecule has 1 saturated heterocycles. The molecule has 0 radical (unpaired) electrons. The first-order valence-electron chi connectivity index (χ1n) is 6.85. The zero-order chi connectivity index (χ0) is 15.5. The van der Waals surface area contributed by atoms with Gasteiger partial charge in [-0.2, -0.15) is 13.2 Å². The lowest BCUT2D eigenvalue weighted by molar-refractivity contribution is -0.139. The van der Waals surface area contributed by atoms with Crippen molar-refractivity contribution in [1.29, 1.82) is 0 Å². The minimum absolute atomic E-state index is 0.0231. The Balaban J connectivity index is 2.09. The van der Waals surface area contributed by atoms with Crippen molar-refractivity contribution in [3.63, 3.8) is 0 Å². The number of nitrogens with two attached hydrogens (primary N) is 1. The first kappa shape index (κ1) is 15.9. The predicted molar refractivity (Wildman–Crippen MR) is 72.0 cm³/mol. The molecule has 1 heterocycles. The summed E-state index contributed by atoms with van der Waals surface area (Å²) < 4.78 is 55.1. The van der Waals surface area contributed by atoms with Gasteiger partial charge in [0.15, 0.2) is 0 Å². The van der Waals surface area contributed by atoms with Gasteiger partial charge in [0, 0.05) is 25.2 Å². The molecule has 118 valence electrons. The molecule has 3 nitrogen and oxygen atoms in total. The van der Waals surface area contributed by atoms with Crippen LogP contribution >= 0.6 is 0 Å². The predicted octanol–water partition coefficient (Wildman–Crippen LogP) is 3.08. The number of ether oxygens (including phenoxy) is 1. The number of halogens is 4. The Labute approximate surface area is 120 Å². The van der Waals surface area contributed by atoms with Crippen molar-refractivity contribution in [2.45, 2.75) is 31.5 Å². The molecule has 1 unspecified atom stereocenters. The second-order valence-electron chi connectivity index (χ2n) is 5.17. The van der Waals surface area contributed by atoms with Crippen molar-refractivity contribution in [1.82, 2.24) is 0 Å². The number of alkyl halides is 3. The summed E-state index contributed by atoms with van der Waals surface area (Å²) in [5.74, 6) is -0.193. The minimum atomic E-state index is -4.27. The quantitative estimate of drug-likeness (QED) is 0.869. The van der Waals surface area contributed by atoms with Crippen LogP contribution in [0, 0.1) is 5.82 Å². The van der Waals surface area contributed by atoms with Crippen LogP contribution in [0.25, 0.3) is 0 Å². The van der Waals surface area contributed by atoms with E-state index in [0.29, 0.717) is 18.8 Å². The Hall–Kier alpha value is -1.50. The molecule has 7 heteroatoms. The van der Waals surface area contributed by atoms with E-state index in [4.69, 9.17) is 10.5 Å². The van der Waals surface area contributed by atoms with E-state index in [2.05, 4.69) is 0 Å². The highest BCUT2D eigenvalue weighted by Gasteiger charge is 2.27. The molecule has 0 spiro atoms. The van der Waals surface area contributed by atoms with E-state index in [1.165, 1.54) is 18.2 Å². The van der Waals surface area contributed by atoms with Gasteiger partial charge in [-0.3, -0.25) is 0 Å². The minimum Gasteiger partial charge on any atom is -0.491 e. The van der Waals surface area contributed by atoms with Gasteiger partial charge in [-0.1, -0.05) is 0 Å². The highest BCUT2D eigenvalue weighted by Crippen LogP contribution is 2.32. The Bertz CT molecular complexity index is 479. The van der Waals surface area contributed by atoms with Crippen molar-refractivity contribution in [3.05, 3.63) is 24.0 Å². The van der Waals surface area contributed by atoms with E-state index < -0.39 is 25.0 Å². The van der Waals surface area contributed by atoms with Gasteiger partial charge in [0.2, 0.25) is 0 Å². The van der Waals surface area contributed by atoms with Crippen molar-refractivity contribution in [3.8, 4) is 5.75 Å². The maximum absolute atomic E-state index is 13.4. The fraction of sp³-hybridized carbons (Fsp3) is 0.571. The molecule has 2 N–H and O–H groups in total. The third-order valence-corrected chi connectivity index (χ3v) is 3.36. The molecule has 0 bridgehead atoms. The first-order valence-corrected chi connectivity index (χ1v) is 6.85. The number of benzene rings is 1. The van der Waals surface area contributed by atoms with Crippen LogP contribution in [0.1, 0.15) is 19.3 Å². The van der Waals surface area contributed by atoms with E-state index >= 15 is 0 Å². The normalized spacial score (nSPS) is 19.7. The molecule has 0 aliphatic carbocycles. The first-order chi connectivity index (χ1) is 9.85. The van der Waals surface area contributed by atoms with Gasteiger partial charge in [-0.05, 0) is 25.0 Å². The standard InChI is InChI=1S/C14H18F4N2O/c15-10-3-4-13(21-7-5-14(16,17)18)12(8-10)20-6-1-2-11(19)9-20/h3-4,8,11H,1-2,5-7,9,19H2. The molecule has 1 atom stereocenters. The summed E-state index contributed by atoms with van der Waals surface area (Å²) in [7, 11) is 0. The van der Waals surface area contributed by atoms with Gasteiger partial charge in [-0.25, -0.2) is 4.39 Å². The zero-order valence-electron chi connectivity index (χ0n) is 11.5. The topological polar surface area (TPSA) is 38.5 Å². The Kier molecular flexibility index (Phi) is 4.92. The van der Waals surface area contributed by atoms with Gasteiger partial charge in [0.05, 0.1) is 18.7 Å². The van der Waals surface area contributed by atoms with Gasteiger partial charge in [-0.15, -0.1) is 0 Å². The molecular formula is C14H18F4N2O. The van der Waals surface area contributed by atoms with Crippen LogP contribution in [0.15, 0.2) is 18.2 Å². The third-order valence-electron chi connectivity index (χ3n) is 3.36. The van der Waals surface area contributed by atoms with Gasteiger partial charge in [0.1, 0.15) is 11.6 Å². The summed E-state index contributed by atoms with van der Waals surface area (Å²) >= 11 is 0. The average Bonchev–Trinajstić information content (AvgIpc) is 2.39. The largest absolute Gasteiger partial charge is 0.491 e. The van der Waals surface area contributed by atoms with Crippen LogP contribution in [0.2, 0.25) is 0 Å². The molecule has 1 aromatic rings. The SMILES string of the molecule is NC1CCCN(c2cc(F)ccc2OCCC(F)(F)F)C1. The van der Waals surface area contributed by atoms with Gasteiger partial charge < -0.3 is 15.4 Å². The summed E-state index contributed by atoms with van der Waals surface area (Å²) in [6.07, 6.45) is -3.56. The van der Waals surface area contributed by atoms with Crippen molar-refractivity contribution < 1.29 is 22.3 Å². The molecule has 1 fully saturated rings. The molecule has 0 amide bonds. The lowest BCUT2D eigenvalue weighted by Gasteiger charge is -2.33. The number of hydrogen-bond acceptors (Lipinski definition) is 3. The summed E-state index contributed by atoms with van der Waals surface area (Å²) in [5.41, 5.74) is 6.35. The van der Waals surface area contributed by atoms with Gasteiger partial charge in [0.25, 0.3) is 0 Å². The van der Waals surface area contributed by atoms with E-state index in [1.54, 1.807) is 0 Å². The highest BCUT2D eigenvalue weighted by molar-refractivity contribution is 5.59. The lowest BCUT2D eigenvalue weighted by atomic mass is 10.1. The van der Waals surface area contributed by atoms with Crippen LogP contribution in [0.4, 0.5) is 23.2 Å². The number of anilines is 1. The Morgan fingerprint density at radius 2 is 2.10 bits per heavy atom. The van der Waals surface area contributed by atoms with E-state index in [0.717, 1.165) is 12.8 Å². The summed E-state index contributed by atoms with van der Waals surface area (Å²) in [5, 5.41) is 0. The summed E-state index contributed by atoms with van der Waals surface area (Å²) in [6, 6.07) is 3.79. The molecule has 1 aromatic carbocycles. The van der Waals surface area contributed by atoms with Crippen LogP contribution in [-0.4, -0.2) is 31.9 Å². The Morgan fingerprint density at radius 1 is 1.33 bits per heavy atom.